The fourth-order valence-electron chi connectivity index (χ4n) is 1.51. The third-order valence-electron chi connectivity index (χ3n) is 2.33. The highest BCUT2D eigenvalue weighted by molar-refractivity contribution is 8.13. The highest BCUT2D eigenvalue weighted by Crippen LogP contribution is 2.26. The van der Waals surface area contributed by atoms with Crippen LogP contribution in [0.15, 0.2) is 47.4 Å². The first-order valence-electron chi connectivity index (χ1n) is 4.87. The second-order valence-corrected chi connectivity index (χ2v) is 6.19. The number of halogens is 3. The first kappa shape index (κ1) is 13.0. The van der Waals surface area contributed by atoms with E-state index in [4.69, 9.17) is 10.7 Å². The molecule has 18 heavy (non-hydrogen) atoms. The van der Waals surface area contributed by atoms with Gasteiger partial charge in [-0.05, 0) is 41.5 Å². The molecule has 0 N–H and O–H groups in total. The van der Waals surface area contributed by atoms with Crippen LogP contribution in [-0.2, 0) is 9.05 Å². The van der Waals surface area contributed by atoms with Crippen LogP contribution in [0.1, 0.15) is 0 Å². The molecular formula is C12H7ClF2O2S. The zero-order valence-electron chi connectivity index (χ0n) is 8.90. The topological polar surface area (TPSA) is 34.1 Å². The smallest absolute Gasteiger partial charge is 0.207 e. The minimum Gasteiger partial charge on any atom is -0.207 e. The van der Waals surface area contributed by atoms with Gasteiger partial charge in [0.05, 0.1) is 4.90 Å². The highest BCUT2D eigenvalue weighted by Gasteiger charge is 2.13. The maximum Gasteiger partial charge on any atom is 0.261 e. The van der Waals surface area contributed by atoms with Crippen molar-refractivity contribution in [3.05, 3.63) is 54.1 Å². The summed E-state index contributed by atoms with van der Waals surface area (Å²) >= 11 is 0. The molecule has 0 aliphatic carbocycles. The number of benzene rings is 2. The van der Waals surface area contributed by atoms with Crippen LogP contribution in [0, 0.1) is 11.6 Å². The summed E-state index contributed by atoms with van der Waals surface area (Å²) in [5.74, 6) is -1.16. The Balaban J connectivity index is 2.59. The monoisotopic (exact) mass is 288 g/mol. The predicted molar refractivity (Wildman–Crippen MR) is 64.8 cm³/mol. The van der Waals surface area contributed by atoms with Gasteiger partial charge in [0.25, 0.3) is 9.05 Å². The van der Waals surface area contributed by atoms with Gasteiger partial charge < -0.3 is 0 Å². The summed E-state index contributed by atoms with van der Waals surface area (Å²) < 4.78 is 48.4. The summed E-state index contributed by atoms with van der Waals surface area (Å²) in [7, 11) is 1.15. The van der Waals surface area contributed by atoms with Crippen LogP contribution in [0.25, 0.3) is 11.1 Å². The standard InChI is InChI=1S/C12H7ClF2O2S/c13-18(16,17)12-6-9(5-11(15)7-12)8-1-3-10(14)4-2-8/h1-7H. The van der Waals surface area contributed by atoms with Crippen molar-refractivity contribution in [1.82, 2.24) is 0 Å². The van der Waals surface area contributed by atoms with E-state index in [1.807, 2.05) is 0 Å². The fraction of sp³-hybridized carbons (Fsp3) is 0. The average Bonchev–Trinajstić information content (AvgIpc) is 2.28. The van der Waals surface area contributed by atoms with E-state index in [1.165, 1.54) is 30.3 Å². The van der Waals surface area contributed by atoms with Crippen LogP contribution < -0.4 is 0 Å². The Labute approximate surface area is 107 Å². The third kappa shape index (κ3) is 2.86. The maximum absolute atomic E-state index is 13.3. The van der Waals surface area contributed by atoms with Crippen molar-refractivity contribution in [3.63, 3.8) is 0 Å². The van der Waals surface area contributed by atoms with Gasteiger partial charge in [0.1, 0.15) is 11.6 Å². The van der Waals surface area contributed by atoms with Crippen molar-refractivity contribution >= 4 is 19.7 Å². The zero-order chi connectivity index (χ0) is 13.3. The highest BCUT2D eigenvalue weighted by atomic mass is 35.7. The number of hydrogen-bond donors (Lipinski definition) is 0. The molecule has 0 aromatic heterocycles. The summed E-state index contributed by atoms with van der Waals surface area (Å²) in [5.41, 5.74) is 0.812. The second-order valence-electron chi connectivity index (χ2n) is 3.62. The molecule has 0 aliphatic heterocycles. The van der Waals surface area contributed by atoms with Gasteiger partial charge in [0.15, 0.2) is 0 Å². The first-order chi connectivity index (χ1) is 8.36. The van der Waals surface area contributed by atoms with Gasteiger partial charge in [0, 0.05) is 10.7 Å². The SMILES string of the molecule is O=S(=O)(Cl)c1cc(F)cc(-c2ccc(F)cc2)c1. The van der Waals surface area contributed by atoms with Crippen molar-refractivity contribution in [1.29, 1.82) is 0 Å². The lowest BCUT2D eigenvalue weighted by Gasteiger charge is -2.04. The molecule has 2 aromatic rings. The van der Waals surface area contributed by atoms with Crippen LogP contribution in [0.4, 0.5) is 8.78 Å². The van der Waals surface area contributed by atoms with E-state index < -0.39 is 20.7 Å². The zero-order valence-corrected chi connectivity index (χ0v) is 10.5. The van der Waals surface area contributed by atoms with E-state index in [0.717, 1.165) is 12.1 Å². The van der Waals surface area contributed by atoms with E-state index in [1.54, 1.807) is 0 Å². The van der Waals surface area contributed by atoms with Gasteiger partial charge in [-0.25, -0.2) is 17.2 Å². The lowest BCUT2D eigenvalue weighted by atomic mass is 10.1. The van der Waals surface area contributed by atoms with Gasteiger partial charge in [0.2, 0.25) is 0 Å². The fourth-order valence-corrected chi connectivity index (χ4v) is 2.30. The minimum atomic E-state index is -4.01. The Kier molecular flexibility index (Phi) is 3.36. The molecule has 2 rings (SSSR count). The Morgan fingerprint density at radius 1 is 0.833 bits per heavy atom. The lowest BCUT2D eigenvalue weighted by Crippen LogP contribution is -1.93. The van der Waals surface area contributed by atoms with Gasteiger partial charge in [-0.3, -0.25) is 0 Å². The quantitative estimate of drug-likeness (QED) is 0.792. The molecule has 0 spiro atoms. The summed E-state index contributed by atoms with van der Waals surface area (Å²) in [6.07, 6.45) is 0. The molecule has 0 saturated heterocycles. The van der Waals surface area contributed by atoms with E-state index >= 15 is 0 Å². The molecule has 2 aromatic carbocycles. The Morgan fingerprint density at radius 3 is 2.00 bits per heavy atom. The van der Waals surface area contributed by atoms with Gasteiger partial charge >= 0.3 is 0 Å². The second kappa shape index (κ2) is 4.66. The largest absolute Gasteiger partial charge is 0.261 e. The minimum absolute atomic E-state index is 0.314. The molecule has 0 unspecified atom stereocenters. The molecule has 0 aliphatic rings. The normalized spacial score (nSPS) is 11.5. The van der Waals surface area contributed by atoms with Gasteiger partial charge in [-0.15, -0.1) is 0 Å². The van der Waals surface area contributed by atoms with Crippen LogP contribution in [0.2, 0.25) is 0 Å². The Bertz CT molecular complexity index is 682. The van der Waals surface area contributed by atoms with Crippen molar-refractivity contribution in [2.45, 2.75) is 4.90 Å². The molecule has 0 fully saturated rings. The van der Waals surface area contributed by atoms with E-state index in [2.05, 4.69) is 0 Å². The maximum atomic E-state index is 13.3. The lowest BCUT2D eigenvalue weighted by molar-refractivity contribution is 0.602. The Morgan fingerprint density at radius 2 is 1.44 bits per heavy atom. The number of hydrogen-bond acceptors (Lipinski definition) is 2. The summed E-state index contributed by atoms with van der Waals surface area (Å²) in [6, 6.07) is 8.47. The molecule has 0 radical (unpaired) electrons. The Hall–Kier alpha value is -1.46. The molecule has 6 heteroatoms. The average molecular weight is 289 g/mol. The predicted octanol–water partition coefficient (Wildman–Crippen LogP) is 3.56. The third-order valence-corrected chi connectivity index (χ3v) is 3.66. The summed E-state index contributed by atoms with van der Waals surface area (Å²) in [6.45, 7) is 0. The molecule has 0 atom stereocenters. The van der Waals surface area contributed by atoms with Gasteiger partial charge in [-0.2, -0.15) is 0 Å². The van der Waals surface area contributed by atoms with E-state index in [0.29, 0.717) is 11.1 Å². The molecular weight excluding hydrogens is 282 g/mol. The van der Waals surface area contributed by atoms with Crippen molar-refractivity contribution in [3.8, 4) is 11.1 Å². The van der Waals surface area contributed by atoms with Crippen LogP contribution in [0.3, 0.4) is 0 Å². The summed E-state index contributed by atoms with van der Waals surface area (Å²) in [4.78, 5) is -0.330. The van der Waals surface area contributed by atoms with Crippen LogP contribution in [0.5, 0.6) is 0 Å². The molecule has 94 valence electrons. The van der Waals surface area contributed by atoms with Gasteiger partial charge in [-0.1, -0.05) is 12.1 Å². The van der Waals surface area contributed by atoms with Crippen LogP contribution in [-0.4, -0.2) is 8.42 Å². The molecule has 2 nitrogen and oxygen atoms in total. The van der Waals surface area contributed by atoms with Crippen molar-refractivity contribution < 1.29 is 17.2 Å². The van der Waals surface area contributed by atoms with E-state index in [-0.39, 0.29) is 4.90 Å². The summed E-state index contributed by atoms with van der Waals surface area (Å²) in [5, 5.41) is 0. The molecule has 0 amide bonds. The molecule has 0 bridgehead atoms. The van der Waals surface area contributed by atoms with Crippen molar-refractivity contribution in [2.75, 3.05) is 0 Å². The van der Waals surface area contributed by atoms with Crippen molar-refractivity contribution in [2.24, 2.45) is 0 Å². The molecule has 0 saturated carbocycles. The molecule has 0 heterocycles. The van der Waals surface area contributed by atoms with E-state index in [9.17, 15) is 17.2 Å². The van der Waals surface area contributed by atoms with Crippen LogP contribution >= 0.6 is 10.7 Å². The first-order valence-corrected chi connectivity index (χ1v) is 7.18. The number of rotatable bonds is 2.